The number of aliphatic carboxylic acids is 1. The van der Waals surface area contributed by atoms with Crippen LogP contribution in [0.4, 0.5) is 11.5 Å². The van der Waals surface area contributed by atoms with Gasteiger partial charge in [0.05, 0.1) is 11.1 Å². The number of nitrogens with one attached hydrogen (secondary N) is 1. The first-order valence-electron chi connectivity index (χ1n) is 9.32. The normalized spacial score (nSPS) is 10.8. The highest BCUT2D eigenvalue weighted by atomic mass is 32.2. The highest BCUT2D eigenvalue weighted by molar-refractivity contribution is 8.00. The molecular formula is C23H19N3O3S. The molecule has 2 aromatic heterocycles. The van der Waals surface area contributed by atoms with E-state index in [4.69, 9.17) is 5.11 Å². The van der Waals surface area contributed by atoms with Crippen LogP contribution in [0.1, 0.15) is 5.69 Å². The van der Waals surface area contributed by atoms with E-state index in [1.807, 2.05) is 72.2 Å². The summed E-state index contributed by atoms with van der Waals surface area (Å²) in [6.07, 6.45) is 0. The van der Waals surface area contributed by atoms with Gasteiger partial charge in [-0.2, -0.15) is 0 Å². The Hall–Kier alpha value is -3.58. The van der Waals surface area contributed by atoms with E-state index in [0.29, 0.717) is 27.4 Å². The lowest BCUT2D eigenvalue weighted by Crippen LogP contribution is -2.15. The Bertz CT molecular complexity index is 1270. The van der Waals surface area contributed by atoms with Crippen LogP contribution in [0, 0.1) is 6.92 Å². The van der Waals surface area contributed by atoms with Crippen LogP contribution in [-0.2, 0) is 4.79 Å². The monoisotopic (exact) mass is 417 g/mol. The molecule has 2 N–H and O–H groups in total. The maximum atomic E-state index is 13.1. The van der Waals surface area contributed by atoms with E-state index < -0.39 is 5.97 Å². The van der Waals surface area contributed by atoms with Crippen LogP contribution in [0.15, 0.2) is 82.5 Å². The number of carbonyl (C=O) groups is 1. The Kier molecular flexibility index (Phi) is 5.54. The van der Waals surface area contributed by atoms with Crippen LogP contribution >= 0.6 is 11.8 Å². The van der Waals surface area contributed by atoms with Crippen molar-refractivity contribution >= 4 is 40.3 Å². The zero-order valence-corrected chi connectivity index (χ0v) is 17.0. The first kappa shape index (κ1) is 19.7. The third kappa shape index (κ3) is 4.06. The highest BCUT2D eigenvalue weighted by Gasteiger charge is 2.17. The number of pyridine rings is 2. The van der Waals surface area contributed by atoms with E-state index in [9.17, 15) is 9.59 Å². The van der Waals surface area contributed by atoms with Crippen LogP contribution in [0.3, 0.4) is 0 Å². The molecule has 0 spiro atoms. The highest BCUT2D eigenvalue weighted by Crippen LogP contribution is 2.30. The van der Waals surface area contributed by atoms with Crippen molar-refractivity contribution in [3.8, 4) is 5.69 Å². The average Bonchev–Trinajstić information content (AvgIpc) is 2.73. The van der Waals surface area contributed by atoms with Gasteiger partial charge in [-0.1, -0.05) is 36.4 Å². The standard InChI is InChI=1S/C23H19N3O3S/c1-15-12-19(30-14-21(28)29)22-18(27)13-20(25-16-8-4-2-5-9-16)26(23(22)24-15)17-10-6-3-7-11-17/h2-13,25H,14H2,1H3,(H,28,29). The van der Waals surface area contributed by atoms with E-state index in [2.05, 4.69) is 10.3 Å². The van der Waals surface area contributed by atoms with Crippen LogP contribution in [0.2, 0.25) is 0 Å². The predicted octanol–water partition coefficient (Wildman–Crippen LogP) is 4.61. The van der Waals surface area contributed by atoms with E-state index >= 15 is 0 Å². The van der Waals surface area contributed by atoms with E-state index in [1.54, 1.807) is 6.07 Å². The number of aromatic nitrogens is 2. The third-order valence-electron chi connectivity index (χ3n) is 4.47. The van der Waals surface area contributed by atoms with Gasteiger partial charge >= 0.3 is 5.97 Å². The minimum Gasteiger partial charge on any atom is -0.481 e. The Morgan fingerprint density at radius 3 is 2.40 bits per heavy atom. The molecule has 30 heavy (non-hydrogen) atoms. The number of hydrogen-bond acceptors (Lipinski definition) is 5. The Morgan fingerprint density at radius 2 is 1.73 bits per heavy atom. The van der Waals surface area contributed by atoms with Crippen LogP contribution in [0.5, 0.6) is 0 Å². The van der Waals surface area contributed by atoms with Crippen molar-refractivity contribution in [3.05, 3.63) is 88.7 Å². The number of thioether (sulfide) groups is 1. The van der Waals surface area contributed by atoms with Crippen molar-refractivity contribution in [2.24, 2.45) is 0 Å². The van der Waals surface area contributed by atoms with Crippen molar-refractivity contribution in [1.82, 2.24) is 9.55 Å². The molecule has 150 valence electrons. The molecule has 0 saturated heterocycles. The molecule has 2 aromatic carbocycles. The van der Waals surface area contributed by atoms with E-state index in [-0.39, 0.29) is 11.2 Å². The van der Waals surface area contributed by atoms with Gasteiger partial charge in [-0.3, -0.25) is 14.2 Å². The lowest BCUT2D eigenvalue weighted by atomic mass is 10.2. The van der Waals surface area contributed by atoms with Crippen molar-refractivity contribution < 1.29 is 9.90 Å². The molecular weight excluding hydrogens is 398 g/mol. The SMILES string of the molecule is Cc1cc(SCC(=O)O)c2c(=O)cc(Nc3ccccc3)n(-c3ccccc3)c2n1. The molecule has 0 radical (unpaired) electrons. The molecule has 0 unspecified atom stereocenters. The Labute approximate surface area is 177 Å². The minimum absolute atomic E-state index is 0.132. The number of nitrogens with zero attached hydrogens (tertiary/aromatic N) is 2. The second-order valence-corrected chi connectivity index (χ2v) is 7.72. The summed E-state index contributed by atoms with van der Waals surface area (Å²) >= 11 is 1.13. The van der Waals surface area contributed by atoms with Crippen LogP contribution < -0.4 is 10.7 Å². The largest absolute Gasteiger partial charge is 0.481 e. The zero-order chi connectivity index (χ0) is 21.1. The molecule has 0 atom stereocenters. The molecule has 7 heteroatoms. The number of rotatable bonds is 6. The molecule has 0 aliphatic rings. The van der Waals surface area contributed by atoms with Crippen LogP contribution in [-0.4, -0.2) is 26.4 Å². The number of para-hydroxylation sites is 2. The maximum absolute atomic E-state index is 13.1. The first-order chi connectivity index (χ1) is 14.5. The predicted molar refractivity (Wildman–Crippen MR) is 120 cm³/mol. The number of anilines is 2. The van der Waals surface area contributed by atoms with Crippen LogP contribution in [0.25, 0.3) is 16.7 Å². The third-order valence-corrected chi connectivity index (χ3v) is 5.50. The number of hydrogen-bond donors (Lipinski definition) is 2. The maximum Gasteiger partial charge on any atom is 0.313 e. The summed E-state index contributed by atoms with van der Waals surface area (Å²) in [7, 11) is 0. The zero-order valence-electron chi connectivity index (χ0n) is 16.2. The number of carboxylic acids is 1. The smallest absolute Gasteiger partial charge is 0.313 e. The fraction of sp³-hybridized carbons (Fsp3) is 0.0870. The molecule has 0 amide bonds. The molecule has 0 aliphatic heterocycles. The van der Waals surface area contributed by atoms with Crippen molar-refractivity contribution in [2.75, 3.05) is 11.1 Å². The summed E-state index contributed by atoms with van der Waals surface area (Å²) in [6.45, 7) is 1.83. The van der Waals surface area contributed by atoms with Gasteiger partial charge in [0.1, 0.15) is 5.82 Å². The number of carboxylic acid groups (broad SMARTS) is 1. The van der Waals surface area contributed by atoms with Gasteiger partial charge < -0.3 is 10.4 Å². The summed E-state index contributed by atoms with van der Waals surface area (Å²) < 4.78 is 1.89. The number of aryl methyl sites for hydroxylation is 1. The van der Waals surface area contributed by atoms with Gasteiger partial charge in [0.25, 0.3) is 0 Å². The first-order valence-corrected chi connectivity index (χ1v) is 10.3. The molecule has 4 rings (SSSR count). The second kappa shape index (κ2) is 8.42. The van der Waals surface area contributed by atoms with E-state index in [0.717, 1.165) is 23.1 Å². The minimum atomic E-state index is -0.937. The van der Waals surface area contributed by atoms with Crippen molar-refractivity contribution in [2.45, 2.75) is 11.8 Å². The molecule has 2 heterocycles. The summed E-state index contributed by atoms with van der Waals surface area (Å²) in [5.74, 6) is -0.488. The molecule has 0 saturated carbocycles. The fourth-order valence-corrected chi connectivity index (χ4v) is 4.12. The Balaban J connectivity index is 2.00. The molecule has 0 aliphatic carbocycles. The van der Waals surface area contributed by atoms with Gasteiger partial charge in [-0.05, 0) is 37.3 Å². The van der Waals surface area contributed by atoms with Crippen molar-refractivity contribution in [1.29, 1.82) is 0 Å². The van der Waals surface area contributed by atoms with Gasteiger partial charge in [0.15, 0.2) is 11.1 Å². The topological polar surface area (TPSA) is 84.2 Å². The summed E-state index contributed by atoms with van der Waals surface area (Å²) in [4.78, 5) is 29.5. The fourth-order valence-electron chi connectivity index (χ4n) is 3.25. The molecule has 6 nitrogen and oxygen atoms in total. The lowest BCUT2D eigenvalue weighted by molar-refractivity contribution is -0.133. The summed E-state index contributed by atoms with van der Waals surface area (Å²) in [6, 6.07) is 22.5. The Morgan fingerprint density at radius 1 is 1.07 bits per heavy atom. The molecule has 0 bridgehead atoms. The molecule has 0 fully saturated rings. The van der Waals surface area contributed by atoms with Gasteiger partial charge in [-0.25, -0.2) is 4.98 Å². The number of benzene rings is 2. The summed E-state index contributed by atoms with van der Waals surface area (Å²) in [5.41, 5.74) is 2.66. The molecule has 4 aromatic rings. The quantitative estimate of drug-likeness (QED) is 0.446. The number of fused-ring (bicyclic) bond motifs is 1. The summed E-state index contributed by atoms with van der Waals surface area (Å²) in [5, 5.41) is 12.8. The lowest BCUT2D eigenvalue weighted by Gasteiger charge is -2.19. The second-order valence-electron chi connectivity index (χ2n) is 6.70. The average molecular weight is 417 g/mol. The van der Waals surface area contributed by atoms with E-state index in [1.165, 1.54) is 6.07 Å². The van der Waals surface area contributed by atoms with Crippen molar-refractivity contribution in [3.63, 3.8) is 0 Å². The van der Waals surface area contributed by atoms with Gasteiger partial charge in [0, 0.05) is 28.0 Å². The van der Waals surface area contributed by atoms with Gasteiger partial charge in [-0.15, -0.1) is 11.8 Å². The van der Waals surface area contributed by atoms with Gasteiger partial charge in [0.2, 0.25) is 0 Å².